The molecule has 0 fully saturated rings. The van der Waals surface area contributed by atoms with Crippen LogP contribution in [0.4, 0.5) is 0 Å². The van der Waals surface area contributed by atoms with Crippen molar-refractivity contribution in [2.45, 2.75) is 12.8 Å². The van der Waals surface area contributed by atoms with Crippen molar-refractivity contribution in [2.75, 3.05) is 0 Å². The lowest BCUT2D eigenvalue weighted by molar-refractivity contribution is 0.536. The molecule has 0 spiro atoms. The van der Waals surface area contributed by atoms with Crippen LogP contribution >= 0.6 is 23.2 Å². The number of hydrogen-bond donors (Lipinski definition) is 0. The Morgan fingerprint density at radius 1 is 1.33 bits per heavy atom. The van der Waals surface area contributed by atoms with Gasteiger partial charge < -0.3 is 4.42 Å². The lowest BCUT2D eigenvalue weighted by Crippen LogP contribution is -1.79. The average molecular weight is 242 g/mol. The second-order valence-electron chi connectivity index (χ2n) is 3.14. The van der Waals surface area contributed by atoms with Gasteiger partial charge in [-0.15, -0.1) is 11.6 Å². The first-order chi connectivity index (χ1) is 7.22. The molecule has 2 nitrogen and oxygen atoms in total. The zero-order chi connectivity index (χ0) is 10.8. The third-order valence-electron chi connectivity index (χ3n) is 2.12. The maximum Gasteiger partial charge on any atom is 0.228 e. The molecule has 78 valence electrons. The van der Waals surface area contributed by atoms with E-state index in [1.165, 1.54) is 0 Å². The Balaban J connectivity index is 2.50. The number of nitrogens with zero attached hydrogens (tertiary/aromatic N) is 1. The summed E-state index contributed by atoms with van der Waals surface area (Å²) in [5.41, 5.74) is 1.60. The lowest BCUT2D eigenvalue weighted by atomic mass is 10.2. The molecule has 0 bridgehead atoms. The molecular formula is C11H9Cl2NO. The van der Waals surface area contributed by atoms with Crippen LogP contribution in [0.3, 0.4) is 0 Å². The van der Waals surface area contributed by atoms with Gasteiger partial charge in [0.2, 0.25) is 5.89 Å². The number of aryl methyl sites for hydroxylation is 1. The molecule has 0 radical (unpaired) electrons. The smallest absolute Gasteiger partial charge is 0.228 e. The zero-order valence-electron chi connectivity index (χ0n) is 8.13. The van der Waals surface area contributed by atoms with Crippen LogP contribution in [0.25, 0.3) is 11.5 Å². The van der Waals surface area contributed by atoms with Crippen LogP contribution in [-0.2, 0) is 5.88 Å². The van der Waals surface area contributed by atoms with Gasteiger partial charge in [-0.1, -0.05) is 23.7 Å². The maximum atomic E-state index is 6.03. The fraction of sp³-hybridized carbons (Fsp3) is 0.182. The molecule has 0 unspecified atom stereocenters. The van der Waals surface area contributed by atoms with Crippen LogP contribution in [0.5, 0.6) is 0 Å². The van der Waals surface area contributed by atoms with E-state index in [1.54, 1.807) is 6.07 Å². The zero-order valence-corrected chi connectivity index (χ0v) is 9.64. The summed E-state index contributed by atoms with van der Waals surface area (Å²) < 4.78 is 5.50. The molecule has 0 N–H and O–H groups in total. The normalized spacial score (nSPS) is 10.6. The standard InChI is InChI=1S/C11H9Cl2NO/c1-7-10(6-12)15-11(14-7)8-4-2-3-5-9(8)13/h2-5H,6H2,1H3. The molecule has 15 heavy (non-hydrogen) atoms. The minimum atomic E-state index is 0.323. The first-order valence-corrected chi connectivity index (χ1v) is 5.41. The van der Waals surface area contributed by atoms with E-state index >= 15 is 0 Å². The fourth-order valence-electron chi connectivity index (χ4n) is 1.30. The molecule has 0 saturated heterocycles. The Kier molecular flexibility index (Phi) is 2.98. The van der Waals surface area contributed by atoms with Crippen molar-refractivity contribution in [3.63, 3.8) is 0 Å². The average Bonchev–Trinajstić information content (AvgIpc) is 2.60. The highest BCUT2D eigenvalue weighted by Crippen LogP contribution is 2.28. The number of alkyl halides is 1. The van der Waals surface area contributed by atoms with Crippen molar-refractivity contribution in [3.8, 4) is 11.5 Å². The highest BCUT2D eigenvalue weighted by Gasteiger charge is 2.12. The molecule has 4 heteroatoms. The van der Waals surface area contributed by atoms with Crippen molar-refractivity contribution in [3.05, 3.63) is 40.7 Å². The molecule has 0 aliphatic heterocycles. The van der Waals surface area contributed by atoms with E-state index in [-0.39, 0.29) is 0 Å². The van der Waals surface area contributed by atoms with Gasteiger partial charge in [0.05, 0.1) is 22.2 Å². The number of aromatic nitrogens is 1. The molecule has 1 heterocycles. The minimum absolute atomic E-state index is 0.323. The van der Waals surface area contributed by atoms with Crippen molar-refractivity contribution in [1.82, 2.24) is 4.98 Å². The molecule has 0 atom stereocenters. The minimum Gasteiger partial charge on any atom is -0.440 e. The number of halogens is 2. The van der Waals surface area contributed by atoms with Gasteiger partial charge in [0.1, 0.15) is 5.76 Å². The predicted molar refractivity (Wildman–Crippen MR) is 61.2 cm³/mol. The Morgan fingerprint density at radius 2 is 2.07 bits per heavy atom. The largest absolute Gasteiger partial charge is 0.440 e. The Bertz CT molecular complexity index is 479. The second kappa shape index (κ2) is 4.25. The SMILES string of the molecule is Cc1nc(-c2ccccc2Cl)oc1CCl. The predicted octanol–water partition coefficient (Wildman–Crippen LogP) is 4.04. The molecule has 0 amide bonds. The molecule has 0 aliphatic rings. The summed E-state index contributed by atoms with van der Waals surface area (Å²) in [5.74, 6) is 1.53. The van der Waals surface area contributed by atoms with E-state index in [2.05, 4.69) is 4.98 Å². The molecule has 0 aliphatic carbocycles. The number of benzene rings is 1. The van der Waals surface area contributed by atoms with Gasteiger partial charge in [-0.2, -0.15) is 0 Å². The van der Waals surface area contributed by atoms with Crippen LogP contribution in [-0.4, -0.2) is 4.98 Å². The van der Waals surface area contributed by atoms with E-state index in [4.69, 9.17) is 27.6 Å². The summed E-state index contributed by atoms with van der Waals surface area (Å²) in [6.07, 6.45) is 0. The van der Waals surface area contributed by atoms with Crippen LogP contribution in [0.2, 0.25) is 5.02 Å². The Labute approximate surface area is 97.8 Å². The first kappa shape index (κ1) is 10.5. The van der Waals surface area contributed by atoms with Crippen molar-refractivity contribution in [2.24, 2.45) is 0 Å². The van der Waals surface area contributed by atoms with E-state index in [0.29, 0.717) is 22.6 Å². The van der Waals surface area contributed by atoms with E-state index < -0.39 is 0 Å². The Morgan fingerprint density at radius 3 is 2.67 bits per heavy atom. The van der Waals surface area contributed by atoms with Crippen molar-refractivity contribution >= 4 is 23.2 Å². The van der Waals surface area contributed by atoms with Crippen molar-refractivity contribution < 1.29 is 4.42 Å². The Hall–Kier alpha value is -0.990. The van der Waals surface area contributed by atoms with Crippen LogP contribution in [0, 0.1) is 6.92 Å². The fourth-order valence-corrected chi connectivity index (χ4v) is 1.77. The molecule has 1 aromatic heterocycles. The van der Waals surface area contributed by atoms with E-state index in [0.717, 1.165) is 11.3 Å². The van der Waals surface area contributed by atoms with Crippen LogP contribution in [0.1, 0.15) is 11.5 Å². The molecule has 2 rings (SSSR count). The highest BCUT2D eigenvalue weighted by molar-refractivity contribution is 6.33. The third-order valence-corrected chi connectivity index (χ3v) is 2.69. The number of oxazole rings is 1. The topological polar surface area (TPSA) is 26.0 Å². The summed E-state index contributed by atoms with van der Waals surface area (Å²) >= 11 is 11.7. The van der Waals surface area contributed by atoms with Gasteiger partial charge in [-0.3, -0.25) is 0 Å². The van der Waals surface area contributed by atoms with Gasteiger partial charge in [0.25, 0.3) is 0 Å². The van der Waals surface area contributed by atoms with Gasteiger partial charge in [-0.25, -0.2) is 4.98 Å². The van der Waals surface area contributed by atoms with Gasteiger partial charge in [0, 0.05) is 0 Å². The molecular weight excluding hydrogens is 233 g/mol. The van der Waals surface area contributed by atoms with Gasteiger partial charge >= 0.3 is 0 Å². The summed E-state index contributed by atoms with van der Waals surface area (Å²) in [6, 6.07) is 7.42. The second-order valence-corrected chi connectivity index (χ2v) is 3.82. The number of hydrogen-bond acceptors (Lipinski definition) is 2. The van der Waals surface area contributed by atoms with E-state index in [1.807, 2.05) is 25.1 Å². The molecule has 2 aromatic rings. The van der Waals surface area contributed by atoms with E-state index in [9.17, 15) is 0 Å². The summed E-state index contributed by atoms with van der Waals surface area (Å²) in [7, 11) is 0. The molecule has 1 aromatic carbocycles. The summed E-state index contributed by atoms with van der Waals surface area (Å²) in [6.45, 7) is 1.86. The van der Waals surface area contributed by atoms with Crippen LogP contribution in [0.15, 0.2) is 28.7 Å². The van der Waals surface area contributed by atoms with Crippen LogP contribution < -0.4 is 0 Å². The highest BCUT2D eigenvalue weighted by atomic mass is 35.5. The summed E-state index contributed by atoms with van der Waals surface area (Å²) in [5, 5.41) is 0.625. The number of rotatable bonds is 2. The third kappa shape index (κ3) is 2.01. The first-order valence-electron chi connectivity index (χ1n) is 4.49. The van der Waals surface area contributed by atoms with Gasteiger partial charge in [-0.05, 0) is 19.1 Å². The lowest BCUT2D eigenvalue weighted by Gasteiger charge is -1.97. The summed E-state index contributed by atoms with van der Waals surface area (Å²) in [4.78, 5) is 4.28. The monoisotopic (exact) mass is 241 g/mol. The maximum absolute atomic E-state index is 6.03. The van der Waals surface area contributed by atoms with Gasteiger partial charge in [0.15, 0.2) is 0 Å². The quantitative estimate of drug-likeness (QED) is 0.742. The molecule has 0 saturated carbocycles. The van der Waals surface area contributed by atoms with Crippen molar-refractivity contribution in [1.29, 1.82) is 0 Å².